The number of rotatable bonds is 5. The summed E-state index contributed by atoms with van der Waals surface area (Å²) in [5, 5.41) is 2.91. The van der Waals surface area contributed by atoms with Gasteiger partial charge in [-0.15, -0.1) is 0 Å². The van der Waals surface area contributed by atoms with Crippen LogP contribution in [0.5, 0.6) is 0 Å². The van der Waals surface area contributed by atoms with E-state index in [2.05, 4.69) is 28.2 Å². The molecule has 6 nitrogen and oxygen atoms in total. The van der Waals surface area contributed by atoms with Crippen molar-refractivity contribution in [3.05, 3.63) is 81.4 Å². The van der Waals surface area contributed by atoms with E-state index in [-0.39, 0.29) is 11.1 Å². The number of benzene rings is 1. The van der Waals surface area contributed by atoms with Gasteiger partial charge in [0.25, 0.3) is 11.5 Å². The van der Waals surface area contributed by atoms with Crippen LogP contribution in [0.25, 0.3) is 5.65 Å². The number of aromatic nitrogens is 2. The minimum atomic E-state index is -0.399. The maximum absolute atomic E-state index is 12.8. The average Bonchev–Trinajstić information content (AvgIpc) is 2.75. The van der Waals surface area contributed by atoms with Crippen molar-refractivity contribution < 1.29 is 4.79 Å². The third-order valence-corrected chi connectivity index (χ3v) is 5.97. The minimum absolute atomic E-state index is 0.0558. The number of nitrogens with zero attached hydrogens (tertiary/aromatic N) is 3. The van der Waals surface area contributed by atoms with Crippen LogP contribution in [-0.2, 0) is 13.1 Å². The number of hydrogen-bond donors (Lipinski definition) is 1. The van der Waals surface area contributed by atoms with Crippen molar-refractivity contribution in [3.63, 3.8) is 0 Å². The van der Waals surface area contributed by atoms with Gasteiger partial charge in [-0.25, -0.2) is 4.98 Å². The fourth-order valence-electron chi connectivity index (χ4n) is 4.10. The predicted molar refractivity (Wildman–Crippen MR) is 118 cm³/mol. The Bertz CT molecular complexity index is 1120. The third-order valence-electron chi connectivity index (χ3n) is 5.97. The highest BCUT2D eigenvalue weighted by Crippen LogP contribution is 2.20. The number of hydrogen-bond acceptors (Lipinski definition) is 4. The van der Waals surface area contributed by atoms with Crippen LogP contribution in [0.1, 0.15) is 53.2 Å². The summed E-state index contributed by atoms with van der Waals surface area (Å²) in [6, 6.07) is 12.4. The topological polar surface area (TPSA) is 66.7 Å². The molecular formula is C24H28N4O2. The number of fused-ring (bicyclic) bond motifs is 1. The highest BCUT2D eigenvalue weighted by molar-refractivity contribution is 5.93. The number of pyridine rings is 1. The lowest BCUT2D eigenvalue weighted by atomic mass is 10.0. The lowest BCUT2D eigenvalue weighted by molar-refractivity contribution is 0.0948. The van der Waals surface area contributed by atoms with E-state index in [1.165, 1.54) is 35.4 Å². The highest BCUT2D eigenvalue weighted by atomic mass is 16.2. The van der Waals surface area contributed by atoms with Crippen LogP contribution >= 0.6 is 0 Å². The Kier molecular flexibility index (Phi) is 5.95. The summed E-state index contributed by atoms with van der Waals surface area (Å²) in [6.45, 7) is 6.56. The molecule has 6 heteroatoms. The van der Waals surface area contributed by atoms with Gasteiger partial charge in [0.2, 0.25) is 0 Å². The van der Waals surface area contributed by atoms with Crippen molar-refractivity contribution in [2.75, 3.05) is 6.54 Å². The first kappa shape index (κ1) is 20.3. The number of nitrogens with one attached hydrogen (secondary N) is 1. The monoisotopic (exact) mass is 404 g/mol. The molecule has 1 unspecified atom stereocenters. The Balaban J connectivity index is 1.50. The number of carbonyl (C=O) groups is 1. The van der Waals surface area contributed by atoms with Gasteiger partial charge in [0.05, 0.1) is 0 Å². The van der Waals surface area contributed by atoms with Crippen molar-refractivity contribution in [1.29, 1.82) is 0 Å². The summed E-state index contributed by atoms with van der Waals surface area (Å²) in [4.78, 5) is 32.3. The Morgan fingerprint density at radius 2 is 1.97 bits per heavy atom. The summed E-state index contributed by atoms with van der Waals surface area (Å²) in [6.07, 6.45) is 6.84. The van der Waals surface area contributed by atoms with E-state index in [9.17, 15) is 9.59 Å². The van der Waals surface area contributed by atoms with Crippen LogP contribution < -0.4 is 10.9 Å². The third kappa shape index (κ3) is 4.28. The van der Waals surface area contributed by atoms with Gasteiger partial charge in [-0.2, -0.15) is 0 Å². The SMILES string of the molecule is Cc1ccc2ncc(C(=O)NCc3ccccc3CN3CCCCC3C)c(=O)n2c1. The Morgan fingerprint density at radius 1 is 1.17 bits per heavy atom. The molecule has 0 saturated carbocycles. The number of carbonyl (C=O) groups excluding carboxylic acids is 1. The Morgan fingerprint density at radius 3 is 2.77 bits per heavy atom. The molecule has 0 aliphatic carbocycles. The molecule has 0 radical (unpaired) electrons. The second-order valence-electron chi connectivity index (χ2n) is 8.18. The fourth-order valence-corrected chi connectivity index (χ4v) is 4.10. The van der Waals surface area contributed by atoms with Crippen LogP contribution in [0.3, 0.4) is 0 Å². The normalized spacial score (nSPS) is 17.2. The zero-order valence-corrected chi connectivity index (χ0v) is 17.6. The molecule has 3 aromatic rings. The molecule has 4 rings (SSSR count). The van der Waals surface area contributed by atoms with E-state index >= 15 is 0 Å². The standard InChI is InChI=1S/C24H28N4O2/c1-17-10-11-22-25-14-21(24(30)28(22)15-17)23(29)26-13-19-8-3-4-9-20(19)16-27-12-6-5-7-18(27)2/h3-4,8-11,14-15,18H,5-7,12-13,16H2,1-2H3,(H,26,29). The van der Waals surface area contributed by atoms with Gasteiger partial charge in [-0.3, -0.25) is 18.9 Å². The lowest BCUT2D eigenvalue weighted by Crippen LogP contribution is -2.37. The zero-order chi connectivity index (χ0) is 21.1. The molecule has 1 fully saturated rings. The van der Waals surface area contributed by atoms with E-state index in [4.69, 9.17) is 0 Å². The molecule has 1 saturated heterocycles. The van der Waals surface area contributed by atoms with Crippen molar-refractivity contribution in [3.8, 4) is 0 Å². The average molecular weight is 405 g/mol. The van der Waals surface area contributed by atoms with Crippen LogP contribution in [0.4, 0.5) is 0 Å². The van der Waals surface area contributed by atoms with Gasteiger partial charge in [-0.05, 0) is 56.0 Å². The molecule has 30 heavy (non-hydrogen) atoms. The van der Waals surface area contributed by atoms with Crippen molar-refractivity contribution in [2.24, 2.45) is 0 Å². The smallest absolute Gasteiger partial charge is 0.270 e. The molecule has 1 atom stereocenters. The Hall–Kier alpha value is -2.99. The zero-order valence-electron chi connectivity index (χ0n) is 17.6. The first-order valence-corrected chi connectivity index (χ1v) is 10.6. The minimum Gasteiger partial charge on any atom is -0.348 e. The van der Waals surface area contributed by atoms with Gasteiger partial charge >= 0.3 is 0 Å². The van der Waals surface area contributed by atoms with Crippen LogP contribution in [0, 0.1) is 6.92 Å². The maximum atomic E-state index is 12.8. The maximum Gasteiger partial charge on any atom is 0.270 e. The molecule has 0 bridgehead atoms. The Labute approximate surface area is 176 Å². The van der Waals surface area contributed by atoms with E-state index in [1.807, 2.05) is 31.2 Å². The molecule has 1 amide bonds. The summed E-state index contributed by atoms with van der Waals surface area (Å²) in [7, 11) is 0. The van der Waals surface area contributed by atoms with E-state index in [0.717, 1.165) is 24.2 Å². The first-order valence-electron chi connectivity index (χ1n) is 10.6. The number of amides is 1. The van der Waals surface area contributed by atoms with Crippen molar-refractivity contribution in [2.45, 2.75) is 52.2 Å². The molecule has 1 aromatic carbocycles. The van der Waals surface area contributed by atoms with Crippen LogP contribution in [0.2, 0.25) is 0 Å². The van der Waals surface area contributed by atoms with Gasteiger partial charge in [-0.1, -0.05) is 36.8 Å². The van der Waals surface area contributed by atoms with E-state index < -0.39 is 5.91 Å². The first-order chi connectivity index (χ1) is 14.5. The molecule has 0 spiro atoms. The fraction of sp³-hybridized carbons (Fsp3) is 0.375. The number of aryl methyl sites for hydroxylation is 1. The predicted octanol–water partition coefficient (Wildman–Crippen LogP) is 3.31. The summed E-state index contributed by atoms with van der Waals surface area (Å²) < 4.78 is 1.43. The second-order valence-corrected chi connectivity index (χ2v) is 8.18. The molecular weight excluding hydrogens is 376 g/mol. The molecule has 3 heterocycles. The van der Waals surface area contributed by atoms with Gasteiger partial charge in [0, 0.05) is 31.5 Å². The highest BCUT2D eigenvalue weighted by Gasteiger charge is 2.19. The second kappa shape index (κ2) is 8.79. The van der Waals surface area contributed by atoms with Gasteiger partial charge in [0.15, 0.2) is 0 Å². The van der Waals surface area contributed by atoms with E-state index in [1.54, 1.807) is 12.3 Å². The summed E-state index contributed by atoms with van der Waals surface area (Å²) in [5.41, 5.74) is 3.47. The summed E-state index contributed by atoms with van der Waals surface area (Å²) >= 11 is 0. The van der Waals surface area contributed by atoms with Crippen LogP contribution in [-0.4, -0.2) is 32.8 Å². The van der Waals surface area contributed by atoms with Crippen molar-refractivity contribution in [1.82, 2.24) is 19.6 Å². The number of likely N-dealkylation sites (tertiary alicyclic amines) is 1. The number of piperidine rings is 1. The van der Waals surface area contributed by atoms with Crippen molar-refractivity contribution >= 4 is 11.6 Å². The summed E-state index contributed by atoms with van der Waals surface area (Å²) in [5.74, 6) is -0.399. The largest absolute Gasteiger partial charge is 0.348 e. The van der Waals surface area contributed by atoms with Gasteiger partial charge in [0.1, 0.15) is 11.2 Å². The molecule has 1 aliphatic heterocycles. The molecule has 156 valence electrons. The molecule has 2 aromatic heterocycles. The molecule has 1 aliphatic rings. The lowest BCUT2D eigenvalue weighted by Gasteiger charge is -2.33. The van der Waals surface area contributed by atoms with Gasteiger partial charge < -0.3 is 5.32 Å². The molecule has 1 N–H and O–H groups in total. The van der Waals surface area contributed by atoms with E-state index in [0.29, 0.717) is 18.2 Å². The quantitative estimate of drug-likeness (QED) is 0.709. The van der Waals surface area contributed by atoms with Crippen LogP contribution in [0.15, 0.2) is 53.6 Å².